The Kier molecular flexibility index (Phi) is 6.87. The molecule has 6 heteroatoms. The van der Waals surface area contributed by atoms with E-state index in [1.165, 1.54) is 0 Å². The number of carboxylic acids is 1. The predicted molar refractivity (Wildman–Crippen MR) is 56.5 cm³/mol. The Morgan fingerprint density at radius 1 is 1.54 bits per heavy atom. The Morgan fingerprint density at radius 3 is 2.62 bits per heavy atom. The standard InChI is InChI=1S/C7H13IN2O3/c8-4-6(11)10-5(9)2-1-3-7(12)13/h5H,1-4,9H2,(H,10,11)(H,12,13)/t5-/m0/s1. The van der Waals surface area contributed by atoms with Crippen molar-refractivity contribution in [3.05, 3.63) is 0 Å². The number of aliphatic carboxylic acids is 1. The second kappa shape index (κ2) is 7.07. The van der Waals surface area contributed by atoms with Crippen LogP contribution in [0.15, 0.2) is 0 Å². The van der Waals surface area contributed by atoms with Gasteiger partial charge in [-0.3, -0.25) is 9.59 Å². The molecule has 0 rings (SSSR count). The average Bonchev–Trinajstić information content (AvgIpc) is 2.03. The third kappa shape index (κ3) is 7.97. The molecule has 4 N–H and O–H groups in total. The van der Waals surface area contributed by atoms with E-state index in [0.717, 1.165) is 0 Å². The third-order valence-corrected chi connectivity index (χ3v) is 2.07. The summed E-state index contributed by atoms with van der Waals surface area (Å²) in [6.45, 7) is 0. The van der Waals surface area contributed by atoms with E-state index in [0.29, 0.717) is 17.3 Å². The van der Waals surface area contributed by atoms with E-state index in [2.05, 4.69) is 5.32 Å². The van der Waals surface area contributed by atoms with Crippen LogP contribution in [0.25, 0.3) is 0 Å². The van der Waals surface area contributed by atoms with E-state index < -0.39 is 12.1 Å². The number of nitrogens with two attached hydrogens (primary N) is 1. The molecule has 0 aliphatic heterocycles. The molecule has 1 atom stereocenters. The van der Waals surface area contributed by atoms with Crippen molar-refractivity contribution >= 4 is 34.5 Å². The molecule has 1 amide bonds. The van der Waals surface area contributed by atoms with Crippen molar-refractivity contribution in [2.45, 2.75) is 25.4 Å². The van der Waals surface area contributed by atoms with Crippen LogP contribution in [0.1, 0.15) is 19.3 Å². The Balaban J connectivity index is 3.45. The zero-order valence-electron chi connectivity index (χ0n) is 7.12. The first-order chi connectivity index (χ1) is 6.06. The lowest BCUT2D eigenvalue weighted by atomic mass is 10.2. The van der Waals surface area contributed by atoms with E-state index in [1.807, 2.05) is 22.6 Å². The number of alkyl halides is 1. The summed E-state index contributed by atoms with van der Waals surface area (Å²) in [6.07, 6.45) is 0.641. The van der Waals surface area contributed by atoms with Gasteiger partial charge in [-0.15, -0.1) is 0 Å². The summed E-state index contributed by atoms with van der Waals surface area (Å²) < 4.78 is 0.365. The van der Waals surface area contributed by atoms with Crippen molar-refractivity contribution in [2.75, 3.05) is 4.43 Å². The van der Waals surface area contributed by atoms with Crippen molar-refractivity contribution < 1.29 is 14.7 Å². The van der Waals surface area contributed by atoms with Gasteiger partial charge in [0.15, 0.2) is 0 Å². The molecule has 0 heterocycles. The first kappa shape index (κ1) is 12.6. The first-order valence-electron chi connectivity index (χ1n) is 3.89. The normalized spacial score (nSPS) is 12.2. The molecule has 0 bridgehead atoms. The topological polar surface area (TPSA) is 92.4 Å². The summed E-state index contributed by atoms with van der Waals surface area (Å²) in [4.78, 5) is 20.9. The average molecular weight is 300 g/mol. The predicted octanol–water partition coefficient (Wildman–Crippen LogP) is 0.0773. The molecule has 0 aromatic carbocycles. The van der Waals surface area contributed by atoms with Crippen molar-refractivity contribution in [2.24, 2.45) is 5.73 Å². The zero-order valence-corrected chi connectivity index (χ0v) is 9.28. The van der Waals surface area contributed by atoms with Crippen LogP contribution in [0.4, 0.5) is 0 Å². The molecule has 0 unspecified atom stereocenters. The van der Waals surface area contributed by atoms with Crippen LogP contribution < -0.4 is 11.1 Å². The SMILES string of the molecule is N[C@H](CCCC(=O)O)NC(=O)CI. The van der Waals surface area contributed by atoms with Crippen LogP contribution in [0.2, 0.25) is 0 Å². The minimum absolute atomic E-state index is 0.0911. The van der Waals surface area contributed by atoms with Gasteiger partial charge < -0.3 is 16.2 Å². The number of hydrogen-bond donors (Lipinski definition) is 3. The Hall–Kier alpha value is -0.370. The molecule has 5 nitrogen and oxygen atoms in total. The van der Waals surface area contributed by atoms with E-state index >= 15 is 0 Å². The molecule has 0 radical (unpaired) electrons. The lowest BCUT2D eigenvalue weighted by Crippen LogP contribution is -2.41. The van der Waals surface area contributed by atoms with Gasteiger partial charge in [-0.05, 0) is 12.8 Å². The van der Waals surface area contributed by atoms with Crippen LogP contribution in [-0.2, 0) is 9.59 Å². The second-order valence-electron chi connectivity index (χ2n) is 2.59. The smallest absolute Gasteiger partial charge is 0.303 e. The second-order valence-corrected chi connectivity index (χ2v) is 3.36. The summed E-state index contributed by atoms with van der Waals surface area (Å²) in [5, 5.41) is 10.9. The highest BCUT2D eigenvalue weighted by Crippen LogP contribution is 1.97. The number of rotatable bonds is 6. The zero-order chi connectivity index (χ0) is 10.3. The third-order valence-electron chi connectivity index (χ3n) is 1.37. The molecule has 76 valence electrons. The highest BCUT2D eigenvalue weighted by atomic mass is 127. The monoisotopic (exact) mass is 300 g/mol. The minimum Gasteiger partial charge on any atom is -0.481 e. The molecule has 0 saturated carbocycles. The highest BCUT2D eigenvalue weighted by Gasteiger charge is 2.06. The molecule has 0 aliphatic rings. The van der Waals surface area contributed by atoms with Crippen molar-refractivity contribution in [3.63, 3.8) is 0 Å². The Labute approximate surface area is 90.2 Å². The van der Waals surface area contributed by atoms with Gasteiger partial charge in [-0.25, -0.2) is 0 Å². The summed E-state index contributed by atoms with van der Waals surface area (Å²) in [7, 11) is 0. The number of hydrogen-bond acceptors (Lipinski definition) is 3. The van der Waals surface area contributed by atoms with E-state index in [-0.39, 0.29) is 12.3 Å². The van der Waals surface area contributed by atoms with Crippen LogP contribution >= 0.6 is 22.6 Å². The van der Waals surface area contributed by atoms with Crippen LogP contribution in [0, 0.1) is 0 Å². The van der Waals surface area contributed by atoms with Gasteiger partial charge in [0, 0.05) is 6.42 Å². The maximum absolute atomic E-state index is 10.8. The fourth-order valence-corrected chi connectivity index (χ4v) is 1.01. The molecule has 0 saturated heterocycles. The van der Waals surface area contributed by atoms with E-state index in [9.17, 15) is 9.59 Å². The maximum Gasteiger partial charge on any atom is 0.303 e. The Bertz CT molecular complexity index is 187. The van der Waals surface area contributed by atoms with Gasteiger partial charge in [0.05, 0.1) is 10.6 Å². The molecule has 0 fully saturated rings. The van der Waals surface area contributed by atoms with Crippen LogP contribution in [-0.4, -0.2) is 27.6 Å². The number of amides is 1. The number of halogens is 1. The lowest BCUT2D eigenvalue weighted by molar-refractivity contribution is -0.137. The first-order valence-corrected chi connectivity index (χ1v) is 5.41. The maximum atomic E-state index is 10.8. The molecule has 0 aromatic rings. The number of nitrogens with one attached hydrogen (secondary N) is 1. The fraction of sp³-hybridized carbons (Fsp3) is 0.714. The van der Waals surface area contributed by atoms with Crippen LogP contribution in [0.5, 0.6) is 0 Å². The summed E-state index contributed by atoms with van der Waals surface area (Å²) >= 11 is 1.93. The van der Waals surface area contributed by atoms with Gasteiger partial charge >= 0.3 is 5.97 Å². The van der Waals surface area contributed by atoms with Gasteiger partial charge in [0.2, 0.25) is 5.91 Å². The van der Waals surface area contributed by atoms with Gasteiger partial charge in [0.25, 0.3) is 0 Å². The van der Waals surface area contributed by atoms with E-state index in [1.54, 1.807) is 0 Å². The molecular formula is C7H13IN2O3. The lowest BCUT2D eigenvalue weighted by Gasteiger charge is -2.11. The van der Waals surface area contributed by atoms with E-state index in [4.69, 9.17) is 10.8 Å². The summed E-state index contributed by atoms with van der Waals surface area (Å²) in [6, 6.07) is 0. The van der Waals surface area contributed by atoms with Gasteiger partial charge in [-0.2, -0.15) is 0 Å². The number of carbonyl (C=O) groups excluding carboxylic acids is 1. The summed E-state index contributed by atoms with van der Waals surface area (Å²) in [5.41, 5.74) is 5.51. The van der Waals surface area contributed by atoms with Crippen molar-refractivity contribution in [3.8, 4) is 0 Å². The fourth-order valence-electron chi connectivity index (χ4n) is 0.791. The molecule has 13 heavy (non-hydrogen) atoms. The van der Waals surface area contributed by atoms with Crippen molar-refractivity contribution in [1.82, 2.24) is 5.32 Å². The molecule has 0 spiro atoms. The highest BCUT2D eigenvalue weighted by molar-refractivity contribution is 14.1. The van der Waals surface area contributed by atoms with Crippen molar-refractivity contribution in [1.29, 1.82) is 0 Å². The number of carboxylic acid groups (broad SMARTS) is 1. The number of carbonyl (C=O) groups is 2. The molecule has 0 aliphatic carbocycles. The Morgan fingerprint density at radius 2 is 2.15 bits per heavy atom. The largest absolute Gasteiger partial charge is 0.481 e. The summed E-state index contributed by atoms with van der Waals surface area (Å²) in [5.74, 6) is -0.962. The quantitative estimate of drug-likeness (QED) is 0.368. The van der Waals surface area contributed by atoms with Gasteiger partial charge in [-0.1, -0.05) is 22.6 Å². The minimum atomic E-state index is -0.840. The molecular weight excluding hydrogens is 287 g/mol. The van der Waals surface area contributed by atoms with Gasteiger partial charge in [0.1, 0.15) is 0 Å². The molecule has 0 aromatic heterocycles. The van der Waals surface area contributed by atoms with Crippen LogP contribution in [0.3, 0.4) is 0 Å².